The van der Waals surface area contributed by atoms with E-state index in [0.717, 1.165) is 16.3 Å². The number of rotatable bonds is 4. The fraction of sp³-hybridized carbons (Fsp3) is 0.294. The zero-order valence-electron chi connectivity index (χ0n) is 12.6. The van der Waals surface area contributed by atoms with E-state index in [4.69, 9.17) is 4.74 Å². The number of nitrogens with zero attached hydrogens (tertiary/aromatic N) is 1. The second-order valence-corrected chi connectivity index (χ2v) is 5.72. The molecule has 1 heterocycles. The van der Waals surface area contributed by atoms with E-state index in [2.05, 4.69) is 5.32 Å². The molecule has 0 saturated carbocycles. The number of carbonyl (C=O) groups excluding carboxylic acids is 2. The van der Waals surface area contributed by atoms with E-state index in [0.29, 0.717) is 0 Å². The van der Waals surface area contributed by atoms with Crippen LogP contribution in [0, 0.1) is 0 Å². The van der Waals surface area contributed by atoms with E-state index in [9.17, 15) is 9.59 Å². The average molecular weight is 298 g/mol. The largest absolute Gasteiger partial charge is 0.382 e. The molecule has 5 heteroatoms. The van der Waals surface area contributed by atoms with Crippen LogP contribution in [0.3, 0.4) is 0 Å². The molecule has 0 unspecified atom stereocenters. The second kappa shape index (κ2) is 5.42. The van der Waals surface area contributed by atoms with Gasteiger partial charge in [-0.3, -0.25) is 9.69 Å². The lowest BCUT2D eigenvalue weighted by Gasteiger charge is -2.20. The topological polar surface area (TPSA) is 58.6 Å². The van der Waals surface area contributed by atoms with Gasteiger partial charge in [-0.2, -0.15) is 0 Å². The quantitative estimate of drug-likeness (QED) is 0.881. The number of imide groups is 1. The van der Waals surface area contributed by atoms with E-state index >= 15 is 0 Å². The standard InChI is InChI=1S/C17H18N2O3/c1-17(11-22-2)15(20)19(16(21)18-17)10-13-8-5-7-12-6-3-4-9-14(12)13/h3-9H,10-11H2,1-2H3,(H,18,21)/t17-/m1/s1. The van der Waals surface area contributed by atoms with Crippen molar-refractivity contribution in [1.29, 1.82) is 0 Å². The van der Waals surface area contributed by atoms with E-state index in [1.54, 1.807) is 6.92 Å². The Kier molecular flexibility index (Phi) is 3.58. The third kappa shape index (κ3) is 2.33. The van der Waals surface area contributed by atoms with Gasteiger partial charge in [-0.05, 0) is 23.3 Å². The number of amides is 3. The highest BCUT2D eigenvalue weighted by Gasteiger charge is 2.47. The highest BCUT2D eigenvalue weighted by molar-refractivity contribution is 6.07. The molecule has 114 valence electrons. The van der Waals surface area contributed by atoms with Crippen LogP contribution in [0.15, 0.2) is 42.5 Å². The highest BCUT2D eigenvalue weighted by Crippen LogP contribution is 2.24. The van der Waals surface area contributed by atoms with E-state index < -0.39 is 5.54 Å². The molecule has 0 aromatic heterocycles. The summed E-state index contributed by atoms with van der Waals surface area (Å²) in [5, 5.41) is 4.85. The van der Waals surface area contributed by atoms with Gasteiger partial charge in [0.25, 0.3) is 5.91 Å². The van der Waals surface area contributed by atoms with E-state index in [1.807, 2.05) is 42.5 Å². The molecule has 5 nitrogen and oxygen atoms in total. The smallest absolute Gasteiger partial charge is 0.325 e. The number of hydrogen-bond acceptors (Lipinski definition) is 3. The Balaban J connectivity index is 1.92. The third-order valence-electron chi connectivity index (χ3n) is 3.99. The van der Waals surface area contributed by atoms with Crippen LogP contribution in [-0.2, 0) is 16.1 Å². The van der Waals surface area contributed by atoms with Crippen LogP contribution in [0.4, 0.5) is 4.79 Å². The Bertz CT molecular complexity index is 738. The molecule has 1 saturated heterocycles. The summed E-state index contributed by atoms with van der Waals surface area (Å²) in [6.45, 7) is 2.09. The van der Waals surface area contributed by atoms with Crippen molar-refractivity contribution in [3.63, 3.8) is 0 Å². The fourth-order valence-electron chi connectivity index (χ4n) is 2.88. The monoisotopic (exact) mass is 298 g/mol. The van der Waals surface area contributed by atoms with Gasteiger partial charge in [0, 0.05) is 7.11 Å². The zero-order valence-corrected chi connectivity index (χ0v) is 12.6. The van der Waals surface area contributed by atoms with Gasteiger partial charge in [-0.25, -0.2) is 4.79 Å². The van der Waals surface area contributed by atoms with Gasteiger partial charge >= 0.3 is 6.03 Å². The van der Waals surface area contributed by atoms with Crippen molar-refractivity contribution in [2.24, 2.45) is 0 Å². The number of benzene rings is 2. The third-order valence-corrected chi connectivity index (χ3v) is 3.99. The van der Waals surface area contributed by atoms with Gasteiger partial charge in [-0.1, -0.05) is 42.5 Å². The number of hydrogen-bond donors (Lipinski definition) is 1. The first-order chi connectivity index (χ1) is 10.5. The summed E-state index contributed by atoms with van der Waals surface area (Å²) < 4.78 is 5.05. The molecule has 22 heavy (non-hydrogen) atoms. The Morgan fingerprint density at radius 3 is 2.64 bits per heavy atom. The number of nitrogens with one attached hydrogen (secondary N) is 1. The predicted octanol–water partition coefficient (Wildman–Crippen LogP) is 2.30. The SMILES string of the molecule is COC[C@@]1(C)NC(=O)N(Cc2cccc3ccccc23)C1=O. The molecule has 0 aliphatic carbocycles. The van der Waals surface area contributed by atoms with Crippen molar-refractivity contribution >= 4 is 22.7 Å². The first-order valence-corrected chi connectivity index (χ1v) is 7.15. The first kappa shape index (κ1) is 14.5. The predicted molar refractivity (Wildman–Crippen MR) is 83.3 cm³/mol. The Labute approximate surface area is 128 Å². The maximum absolute atomic E-state index is 12.5. The summed E-state index contributed by atoms with van der Waals surface area (Å²) >= 11 is 0. The molecule has 2 aromatic rings. The Hall–Kier alpha value is -2.40. The molecule has 0 bridgehead atoms. The zero-order chi connectivity index (χ0) is 15.7. The summed E-state index contributed by atoms with van der Waals surface area (Å²) in [5.41, 5.74) is -0.0422. The molecule has 1 aliphatic rings. The Morgan fingerprint density at radius 1 is 1.14 bits per heavy atom. The van der Waals surface area contributed by atoms with Gasteiger partial charge < -0.3 is 10.1 Å². The van der Waals surface area contributed by atoms with Crippen molar-refractivity contribution in [3.8, 4) is 0 Å². The molecule has 2 aromatic carbocycles. The maximum atomic E-state index is 12.5. The average Bonchev–Trinajstić information content (AvgIpc) is 2.71. The van der Waals surface area contributed by atoms with Crippen LogP contribution in [0.2, 0.25) is 0 Å². The van der Waals surface area contributed by atoms with Gasteiger partial charge in [0.1, 0.15) is 5.54 Å². The molecular weight excluding hydrogens is 280 g/mol. The molecule has 3 rings (SSSR count). The van der Waals surface area contributed by atoms with Crippen LogP contribution in [0.25, 0.3) is 10.8 Å². The second-order valence-electron chi connectivity index (χ2n) is 5.72. The normalized spacial score (nSPS) is 21.5. The van der Waals surface area contributed by atoms with Crippen LogP contribution < -0.4 is 5.32 Å². The maximum Gasteiger partial charge on any atom is 0.325 e. The minimum atomic E-state index is -0.990. The van der Waals surface area contributed by atoms with Gasteiger partial charge in [0.15, 0.2) is 0 Å². The number of carbonyl (C=O) groups is 2. The number of methoxy groups -OCH3 is 1. The van der Waals surface area contributed by atoms with E-state index in [-0.39, 0.29) is 25.1 Å². The first-order valence-electron chi connectivity index (χ1n) is 7.15. The molecular formula is C17H18N2O3. The Morgan fingerprint density at radius 2 is 1.86 bits per heavy atom. The van der Waals surface area contributed by atoms with Gasteiger partial charge in [-0.15, -0.1) is 0 Å². The van der Waals surface area contributed by atoms with Crippen molar-refractivity contribution in [3.05, 3.63) is 48.0 Å². The summed E-state index contributed by atoms with van der Waals surface area (Å²) in [7, 11) is 1.51. The molecule has 1 atom stereocenters. The summed E-state index contributed by atoms with van der Waals surface area (Å²) in [5.74, 6) is -0.257. The number of ether oxygens (including phenoxy) is 1. The number of fused-ring (bicyclic) bond motifs is 1. The minimum absolute atomic E-state index is 0.156. The minimum Gasteiger partial charge on any atom is -0.382 e. The summed E-state index contributed by atoms with van der Waals surface area (Å²) in [6, 6.07) is 13.4. The van der Waals surface area contributed by atoms with Gasteiger partial charge in [0.05, 0.1) is 13.2 Å². The lowest BCUT2D eigenvalue weighted by Crippen LogP contribution is -2.47. The van der Waals surface area contributed by atoms with Crippen molar-refractivity contribution in [2.45, 2.75) is 19.0 Å². The van der Waals surface area contributed by atoms with Crippen LogP contribution in [0.5, 0.6) is 0 Å². The molecule has 3 amide bonds. The van der Waals surface area contributed by atoms with Crippen LogP contribution in [0.1, 0.15) is 12.5 Å². The molecule has 0 radical (unpaired) electrons. The molecule has 1 aliphatic heterocycles. The highest BCUT2D eigenvalue weighted by atomic mass is 16.5. The molecule has 0 spiro atoms. The lowest BCUT2D eigenvalue weighted by atomic mass is 10.0. The van der Waals surface area contributed by atoms with Crippen LogP contribution >= 0.6 is 0 Å². The van der Waals surface area contributed by atoms with E-state index in [1.165, 1.54) is 12.0 Å². The fourth-order valence-corrected chi connectivity index (χ4v) is 2.88. The molecule has 1 N–H and O–H groups in total. The number of urea groups is 1. The van der Waals surface area contributed by atoms with Crippen molar-refractivity contribution < 1.29 is 14.3 Å². The van der Waals surface area contributed by atoms with Crippen LogP contribution in [-0.4, -0.2) is 36.1 Å². The molecule has 1 fully saturated rings. The lowest BCUT2D eigenvalue weighted by molar-refractivity contribution is -0.132. The van der Waals surface area contributed by atoms with Crippen molar-refractivity contribution in [1.82, 2.24) is 10.2 Å². The van der Waals surface area contributed by atoms with Gasteiger partial charge in [0.2, 0.25) is 0 Å². The summed E-state index contributed by atoms with van der Waals surface area (Å²) in [4.78, 5) is 25.9. The summed E-state index contributed by atoms with van der Waals surface area (Å²) in [6.07, 6.45) is 0. The van der Waals surface area contributed by atoms with Crippen molar-refractivity contribution in [2.75, 3.05) is 13.7 Å².